The zero-order valence-electron chi connectivity index (χ0n) is 24.8. The van der Waals surface area contributed by atoms with Gasteiger partial charge in [0.15, 0.2) is 17.0 Å². The van der Waals surface area contributed by atoms with Crippen molar-refractivity contribution in [3.63, 3.8) is 0 Å². The van der Waals surface area contributed by atoms with Crippen LogP contribution in [0.1, 0.15) is 48.6 Å². The predicted molar refractivity (Wildman–Crippen MR) is 167 cm³/mol. The number of H-pyrrole nitrogens is 2. The highest BCUT2D eigenvalue weighted by atomic mass is 16.5. The van der Waals surface area contributed by atoms with Crippen LogP contribution in [0, 0.1) is 0 Å². The molecule has 0 aliphatic carbocycles. The quantitative estimate of drug-likeness (QED) is 0.247. The predicted octanol–water partition coefficient (Wildman–Crippen LogP) is 5.72. The molecule has 220 valence electrons. The van der Waals surface area contributed by atoms with Crippen LogP contribution in [-0.4, -0.2) is 64.9 Å². The number of carbonyl (C=O) groups excluding carboxylic acids is 2. The van der Waals surface area contributed by atoms with Gasteiger partial charge in [-0.25, -0.2) is 0 Å². The lowest BCUT2D eigenvalue weighted by Gasteiger charge is -2.51. The fourth-order valence-electron chi connectivity index (χ4n) is 6.98. The van der Waals surface area contributed by atoms with E-state index in [1.165, 1.54) is 0 Å². The number of nitrogens with one attached hydrogen (secondary N) is 2. The summed E-state index contributed by atoms with van der Waals surface area (Å²) in [6.45, 7) is 5.49. The third kappa shape index (κ3) is 4.27. The van der Waals surface area contributed by atoms with E-state index >= 15 is 0 Å². The number of nitrogens with zero attached hydrogens (tertiary/aromatic N) is 2. The maximum atomic E-state index is 14.4. The third-order valence-electron chi connectivity index (χ3n) is 9.20. The molecular formula is C35H36N4O4. The zero-order valence-corrected chi connectivity index (χ0v) is 24.8. The van der Waals surface area contributed by atoms with Gasteiger partial charge in [-0.15, -0.1) is 0 Å². The fraction of sp³-hybridized carbons (Fsp3) is 0.314. The molecule has 2 amide bonds. The molecule has 8 heteroatoms. The summed E-state index contributed by atoms with van der Waals surface area (Å²) in [4.78, 5) is 38.8. The molecule has 43 heavy (non-hydrogen) atoms. The maximum absolute atomic E-state index is 14.4. The lowest BCUT2D eigenvalue weighted by atomic mass is 9.76. The van der Waals surface area contributed by atoms with Crippen molar-refractivity contribution in [2.75, 3.05) is 33.4 Å². The van der Waals surface area contributed by atoms with Gasteiger partial charge in [0.25, 0.3) is 5.91 Å². The van der Waals surface area contributed by atoms with E-state index in [1.54, 1.807) is 16.9 Å². The average molecular weight is 577 g/mol. The molecule has 2 aliphatic rings. The molecule has 0 unspecified atom stereocenters. The standard InChI is InChI=1S/C35H36N4O4/c1-4-17-43-29-14-13-22(18-30(29)42-3)26-20-39-31(40)21-38(16-15-23-19-36-27-11-7-5-9-24(23)27)34(41)35(39,2)33-32(26)25-10-6-8-12-28(25)37-33/h5-14,18-19,26,36-37H,4,15-17,20-21H2,1-3H3/t26-,35+/m1/s1. The Bertz CT molecular complexity index is 1860. The Kier molecular flexibility index (Phi) is 6.64. The molecule has 1 saturated heterocycles. The number of piperazine rings is 1. The van der Waals surface area contributed by atoms with Crippen LogP contribution >= 0.6 is 0 Å². The maximum Gasteiger partial charge on any atom is 0.254 e. The summed E-state index contributed by atoms with van der Waals surface area (Å²) in [6.07, 6.45) is 3.56. The molecule has 0 saturated carbocycles. The van der Waals surface area contributed by atoms with E-state index in [0.29, 0.717) is 37.6 Å². The van der Waals surface area contributed by atoms with Gasteiger partial charge in [0, 0.05) is 47.0 Å². The van der Waals surface area contributed by atoms with E-state index < -0.39 is 5.54 Å². The largest absolute Gasteiger partial charge is 0.493 e. The number of methoxy groups -OCH3 is 1. The molecule has 5 aromatic rings. The highest BCUT2D eigenvalue weighted by molar-refractivity contribution is 6.01. The molecule has 7 rings (SSSR count). The van der Waals surface area contributed by atoms with Crippen molar-refractivity contribution in [3.8, 4) is 11.5 Å². The number of carbonyl (C=O) groups is 2. The molecule has 8 nitrogen and oxygen atoms in total. The van der Waals surface area contributed by atoms with Gasteiger partial charge in [-0.3, -0.25) is 9.59 Å². The average Bonchev–Trinajstić information content (AvgIpc) is 3.64. The van der Waals surface area contributed by atoms with Crippen LogP contribution in [0.15, 0.2) is 72.9 Å². The van der Waals surface area contributed by atoms with Crippen molar-refractivity contribution < 1.29 is 19.1 Å². The number of hydrogen-bond donors (Lipinski definition) is 2. The Morgan fingerprint density at radius 2 is 1.74 bits per heavy atom. The van der Waals surface area contributed by atoms with Gasteiger partial charge in [-0.1, -0.05) is 49.4 Å². The van der Waals surface area contributed by atoms with Gasteiger partial charge in [0.2, 0.25) is 5.91 Å². The molecule has 2 aliphatic heterocycles. The SMILES string of the molecule is CCCOc1ccc([C@H]2CN3C(=O)CN(CCc4c[nH]c5ccccc45)C(=O)[C@]3(C)c3[nH]c4ccccc4c32)cc1OC. The minimum absolute atomic E-state index is 0.0507. The van der Waals surface area contributed by atoms with E-state index in [0.717, 1.165) is 50.6 Å². The van der Waals surface area contributed by atoms with E-state index in [-0.39, 0.29) is 24.3 Å². The normalized spacial score (nSPS) is 20.0. The van der Waals surface area contributed by atoms with Gasteiger partial charge < -0.3 is 29.2 Å². The smallest absolute Gasteiger partial charge is 0.254 e. The van der Waals surface area contributed by atoms with Crippen LogP contribution < -0.4 is 9.47 Å². The van der Waals surface area contributed by atoms with Gasteiger partial charge in [-0.05, 0) is 60.7 Å². The number of amides is 2. The van der Waals surface area contributed by atoms with Crippen molar-refractivity contribution in [1.29, 1.82) is 0 Å². The number of benzene rings is 3. The van der Waals surface area contributed by atoms with Crippen LogP contribution in [0.2, 0.25) is 0 Å². The second-order valence-electron chi connectivity index (χ2n) is 11.7. The number of ether oxygens (including phenoxy) is 2. The molecule has 1 fully saturated rings. The molecule has 2 atom stereocenters. The van der Waals surface area contributed by atoms with E-state index in [1.807, 2.05) is 61.7 Å². The number of aromatic nitrogens is 2. The molecule has 4 heterocycles. The van der Waals surface area contributed by atoms with Crippen molar-refractivity contribution >= 4 is 33.6 Å². The first-order chi connectivity index (χ1) is 20.9. The summed E-state index contributed by atoms with van der Waals surface area (Å²) in [7, 11) is 1.64. The summed E-state index contributed by atoms with van der Waals surface area (Å²) in [5.74, 6) is 1.10. The number of hydrogen-bond acceptors (Lipinski definition) is 4. The molecule has 0 spiro atoms. The summed E-state index contributed by atoms with van der Waals surface area (Å²) in [5, 5.41) is 2.20. The second kappa shape index (κ2) is 10.5. The van der Waals surface area contributed by atoms with Crippen molar-refractivity contribution in [1.82, 2.24) is 19.8 Å². The van der Waals surface area contributed by atoms with Crippen molar-refractivity contribution in [2.24, 2.45) is 0 Å². The third-order valence-corrected chi connectivity index (χ3v) is 9.20. The van der Waals surface area contributed by atoms with E-state index in [4.69, 9.17) is 9.47 Å². The molecule has 0 radical (unpaired) electrons. The van der Waals surface area contributed by atoms with Crippen LogP contribution in [0.25, 0.3) is 21.8 Å². The Hall–Kier alpha value is -4.72. The Morgan fingerprint density at radius 1 is 0.977 bits per heavy atom. The fourth-order valence-corrected chi connectivity index (χ4v) is 6.98. The Morgan fingerprint density at radius 3 is 2.53 bits per heavy atom. The first-order valence-corrected chi connectivity index (χ1v) is 15.0. The topological polar surface area (TPSA) is 90.7 Å². The zero-order chi connectivity index (χ0) is 29.7. The molecular weight excluding hydrogens is 540 g/mol. The van der Waals surface area contributed by atoms with Crippen molar-refractivity contribution in [2.45, 2.75) is 38.1 Å². The van der Waals surface area contributed by atoms with Crippen molar-refractivity contribution in [3.05, 3.63) is 95.3 Å². The lowest BCUT2D eigenvalue weighted by molar-refractivity contribution is -0.166. The van der Waals surface area contributed by atoms with Gasteiger partial charge in [-0.2, -0.15) is 0 Å². The number of rotatable bonds is 8. The van der Waals surface area contributed by atoms with Gasteiger partial charge in [0.1, 0.15) is 0 Å². The number of para-hydroxylation sites is 2. The summed E-state index contributed by atoms with van der Waals surface area (Å²) in [5.41, 5.74) is 4.86. The highest BCUT2D eigenvalue weighted by Crippen LogP contribution is 2.49. The first-order valence-electron chi connectivity index (χ1n) is 15.0. The minimum atomic E-state index is -1.14. The monoisotopic (exact) mass is 576 g/mol. The Labute approximate surface area is 250 Å². The van der Waals surface area contributed by atoms with Gasteiger partial charge >= 0.3 is 0 Å². The summed E-state index contributed by atoms with van der Waals surface area (Å²) in [6, 6.07) is 22.3. The minimum Gasteiger partial charge on any atom is -0.493 e. The van der Waals surface area contributed by atoms with Crippen LogP contribution in [0.4, 0.5) is 0 Å². The first kappa shape index (κ1) is 27.1. The molecule has 3 aromatic carbocycles. The second-order valence-corrected chi connectivity index (χ2v) is 11.7. The molecule has 2 N–H and O–H groups in total. The van der Waals surface area contributed by atoms with E-state index in [9.17, 15) is 9.59 Å². The van der Waals surface area contributed by atoms with Crippen LogP contribution in [0.5, 0.6) is 11.5 Å². The lowest BCUT2D eigenvalue weighted by Crippen LogP contribution is -2.67. The van der Waals surface area contributed by atoms with Gasteiger partial charge in [0.05, 0.1) is 26.0 Å². The van der Waals surface area contributed by atoms with Crippen LogP contribution in [-0.2, 0) is 21.5 Å². The summed E-state index contributed by atoms with van der Waals surface area (Å²) < 4.78 is 11.6. The Balaban J connectivity index is 1.28. The molecule has 0 bridgehead atoms. The summed E-state index contributed by atoms with van der Waals surface area (Å²) >= 11 is 0. The highest BCUT2D eigenvalue weighted by Gasteiger charge is 2.56. The number of aromatic amines is 2. The molecule has 2 aromatic heterocycles. The van der Waals surface area contributed by atoms with E-state index in [2.05, 4.69) is 35.1 Å². The number of fused-ring (bicyclic) bond motifs is 6. The van der Waals surface area contributed by atoms with Crippen LogP contribution in [0.3, 0.4) is 0 Å².